The van der Waals surface area contributed by atoms with Gasteiger partial charge in [-0.3, -0.25) is 0 Å². The molecule has 0 aliphatic carbocycles. The molecule has 2 heteroatoms. The lowest BCUT2D eigenvalue weighted by atomic mass is 9.92. The second-order valence-corrected chi connectivity index (χ2v) is 6.13. The minimum atomic E-state index is 0.163. The minimum Gasteiger partial charge on any atom is -0.300 e. The largest absolute Gasteiger partial charge is 0.300 e. The first-order valence-corrected chi connectivity index (χ1v) is 5.61. The molecule has 0 aromatic rings. The van der Waals surface area contributed by atoms with Gasteiger partial charge in [0.05, 0.1) is 3.42 Å². The van der Waals surface area contributed by atoms with Crippen molar-refractivity contribution in [2.75, 3.05) is 7.05 Å². The Morgan fingerprint density at radius 3 is 2.33 bits per heavy atom. The summed E-state index contributed by atoms with van der Waals surface area (Å²) in [5, 5.41) is 0. The van der Waals surface area contributed by atoms with Crippen LogP contribution in [0.3, 0.4) is 0 Å². The van der Waals surface area contributed by atoms with Crippen molar-refractivity contribution in [3.05, 3.63) is 0 Å². The first-order valence-electron chi connectivity index (χ1n) is 4.53. The highest BCUT2D eigenvalue weighted by molar-refractivity contribution is 14.1. The van der Waals surface area contributed by atoms with E-state index in [1.54, 1.807) is 0 Å². The fourth-order valence-corrected chi connectivity index (χ4v) is 3.55. The number of fused-ring (bicyclic) bond motifs is 2. The van der Waals surface area contributed by atoms with Crippen LogP contribution in [0.4, 0.5) is 0 Å². The van der Waals surface area contributed by atoms with Gasteiger partial charge in [0.2, 0.25) is 0 Å². The Labute approximate surface area is 88.0 Å². The first-order chi connectivity index (χ1) is 5.64. The molecule has 2 rings (SSSR count). The van der Waals surface area contributed by atoms with Gasteiger partial charge in [-0.1, -0.05) is 28.5 Å². The van der Waals surface area contributed by atoms with Crippen LogP contribution >= 0.6 is 22.6 Å². The quantitative estimate of drug-likeness (QED) is 0.371. The molecule has 2 aliphatic rings. The van der Waals surface area contributed by atoms with Crippen LogP contribution in [0.2, 0.25) is 0 Å². The fourth-order valence-electron chi connectivity index (χ4n) is 2.53. The monoisotopic (exact) mass is 275 g/mol. The van der Waals surface area contributed by atoms with E-state index >= 15 is 0 Å². The normalized spacial score (nSPS) is 47.4. The van der Waals surface area contributed by atoms with E-state index in [-0.39, 0.29) is 3.42 Å². The van der Waals surface area contributed by atoms with Crippen molar-refractivity contribution in [3.8, 4) is 12.3 Å². The zero-order chi connectivity index (χ0) is 8.77. The van der Waals surface area contributed by atoms with E-state index in [2.05, 4.69) is 40.5 Å². The summed E-state index contributed by atoms with van der Waals surface area (Å²) < 4.78 is 0.163. The van der Waals surface area contributed by atoms with Gasteiger partial charge in [0.25, 0.3) is 0 Å². The molecule has 2 heterocycles. The number of hydrogen-bond donors (Lipinski definition) is 0. The number of terminal acetylenes is 1. The van der Waals surface area contributed by atoms with E-state index in [9.17, 15) is 0 Å². The maximum atomic E-state index is 5.56. The molecule has 12 heavy (non-hydrogen) atoms. The molecule has 2 bridgehead atoms. The van der Waals surface area contributed by atoms with Crippen LogP contribution in [0, 0.1) is 12.3 Å². The first kappa shape index (κ1) is 8.83. The summed E-state index contributed by atoms with van der Waals surface area (Å²) in [7, 11) is 2.25. The highest BCUT2D eigenvalue weighted by Crippen LogP contribution is 2.43. The fraction of sp³-hybridized carbons (Fsp3) is 0.800. The van der Waals surface area contributed by atoms with Crippen LogP contribution in [-0.2, 0) is 0 Å². The standard InChI is InChI=1S/C10H14IN/c1-3-10(11)6-8-4-5-9(7-10)12(8)2/h1,8-9H,4-7H2,2H3/t8-,9+,10+. The highest BCUT2D eigenvalue weighted by atomic mass is 127. The Hall–Kier alpha value is 0.250. The van der Waals surface area contributed by atoms with E-state index in [1.165, 1.54) is 25.7 Å². The van der Waals surface area contributed by atoms with Crippen molar-refractivity contribution in [1.82, 2.24) is 4.90 Å². The predicted molar refractivity (Wildman–Crippen MR) is 59.4 cm³/mol. The van der Waals surface area contributed by atoms with Gasteiger partial charge in [0.15, 0.2) is 0 Å². The van der Waals surface area contributed by atoms with Crippen LogP contribution in [0.15, 0.2) is 0 Å². The maximum Gasteiger partial charge on any atom is 0.0853 e. The van der Waals surface area contributed by atoms with Crippen LogP contribution in [0.1, 0.15) is 25.7 Å². The average molecular weight is 275 g/mol. The lowest BCUT2D eigenvalue weighted by molar-refractivity contribution is 0.172. The third kappa shape index (κ3) is 1.27. The topological polar surface area (TPSA) is 3.24 Å². The Morgan fingerprint density at radius 1 is 1.42 bits per heavy atom. The molecular weight excluding hydrogens is 261 g/mol. The summed E-state index contributed by atoms with van der Waals surface area (Å²) in [4.78, 5) is 2.52. The van der Waals surface area contributed by atoms with Crippen molar-refractivity contribution >= 4 is 22.6 Å². The van der Waals surface area contributed by atoms with Gasteiger partial charge in [-0.2, -0.15) is 0 Å². The van der Waals surface area contributed by atoms with Gasteiger partial charge in [-0.05, 0) is 32.7 Å². The molecule has 2 aliphatic heterocycles. The van der Waals surface area contributed by atoms with Gasteiger partial charge in [0.1, 0.15) is 0 Å². The molecule has 2 saturated heterocycles. The van der Waals surface area contributed by atoms with E-state index in [0.717, 1.165) is 12.1 Å². The summed E-state index contributed by atoms with van der Waals surface area (Å²) in [5.74, 6) is 2.96. The molecular formula is C10H14IN. The molecule has 0 amide bonds. The molecule has 0 saturated carbocycles. The van der Waals surface area contributed by atoms with Gasteiger partial charge < -0.3 is 4.90 Å². The Bertz CT molecular complexity index is 216. The number of nitrogens with zero attached hydrogens (tertiary/aromatic N) is 1. The summed E-state index contributed by atoms with van der Waals surface area (Å²) in [6.45, 7) is 0. The maximum absolute atomic E-state index is 5.56. The van der Waals surface area contributed by atoms with Crippen LogP contribution < -0.4 is 0 Å². The lowest BCUT2D eigenvalue weighted by Crippen LogP contribution is -2.45. The summed E-state index contributed by atoms with van der Waals surface area (Å²) >= 11 is 2.47. The molecule has 0 aromatic heterocycles. The summed E-state index contributed by atoms with van der Waals surface area (Å²) in [6, 6.07) is 1.52. The molecule has 0 N–H and O–H groups in total. The molecule has 0 unspecified atom stereocenters. The van der Waals surface area contributed by atoms with Gasteiger partial charge in [-0.25, -0.2) is 0 Å². The molecule has 3 atom stereocenters. The third-order valence-electron chi connectivity index (χ3n) is 3.36. The third-order valence-corrected chi connectivity index (χ3v) is 4.55. The molecule has 66 valence electrons. The highest BCUT2D eigenvalue weighted by Gasteiger charge is 2.44. The smallest absolute Gasteiger partial charge is 0.0853 e. The zero-order valence-corrected chi connectivity index (χ0v) is 9.54. The van der Waals surface area contributed by atoms with Crippen LogP contribution in [-0.4, -0.2) is 27.5 Å². The molecule has 0 spiro atoms. The van der Waals surface area contributed by atoms with E-state index in [0.29, 0.717) is 0 Å². The van der Waals surface area contributed by atoms with Crippen LogP contribution in [0.25, 0.3) is 0 Å². The van der Waals surface area contributed by atoms with Crippen molar-refractivity contribution in [2.45, 2.75) is 41.2 Å². The molecule has 2 fully saturated rings. The van der Waals surface area contributed by atoms with Gasteiger partial charge >= 0.3 is 0 Å². The van der Waals surface area contributed by atoms with Crippen molar-refractivity contribution < 1.29 is 0 Å². The van der Waals surface area contributed by atoms with Gasteiger partial charge in [0, 0.05) is 12.1 Å². The van der Waals surface area contributed by atoms with E-state index in [4.69, 9.17) is 6.42 Å². The average Bonchev–Trinajstić information content (AvgIpc) is 2.32. The number of halogens is 1. The Kier molecular flexibility index (Phi) is 2.12. The SMILES string of the molecule is C#C[C@]1(I)C[C@H]2CC[C@@H](C1)N2C. The second-order valence-electron chi connectivity index (χ2n) is 4.07. The number of piperidine rings is 1. The van der Waals surface area contributed by atoms with Gasteiger partial charge in [-0.15, -0.1) is 6.42 Å². The second kappa shape index (κ2) is 2.88. The molecule has 0 aromatic carbocycles. The number of rotatable bonds is 0. The van der Waals surface area contributed by atoms with Crippen molar-refractivity contribution in [1.29, 1.82) is 0 Å². The van der Waals surface area contributed by atoms with Crippen molar-refractivity contribution in [2.24, 2.45) is 0 Å². The predicted octanol–water partition coefficient (Wildman–Crippen LogP) is 2.05. The van der Waals surface area contributed by atoms with Crippen LogP contribution in [0.5, 0.6) is 0 Å². The summed E-state index contributed by atoms with van der Waals surface area (Å²) in [6.07, 6.45) is 10.7. The number of alkyl halides is 1. The lowest BCUT2D eigenvalue weighted by Gasteiger charge is -2.39. The minimum absolute atomic E-state index is 0.163. The zero-order valence-electron chi connectivity index (χ0n) is 7.39. The summed E-state index contributed by atoms with van der Waals surface area (Å²) in [5.41, 5.74) is 0. The van der Waals surface area contributed by atoms with E-state index < -0.39 is 0 Å². The molecule has 0 radical (unpaired) electrons. The molecule has 1 nitrogen and oxygen atoms in total. The Morgan fingerprint density at radius 2 is 1.92 bits per heavy atom. The Balaban J connectivity index is 2.18. The van der Waals surface area contributed by atoms with E-state index in [1.807, 2.05) is 0 Å². The van der Waals surface area contributed by atoms with Crippen molar-refractivity contribution in [3.63, 3.8) is 0 Å². The number of hydrogen-bond acceptors (Lipinski definition) is 1.